The molecule has 152 valence electrons. The molecule has 29 heavy (non-hydrogen) atoms. The van der Waals surface area contributed by atoms with Crippen LogP contribution in [-0.2, 0) is 0 Å². The average Bonchev–Trinajstić information content (AvgIpc) is 3.24. The summed E-state index contributed by atoms with van der Waals surface area (Å²) in [6.45, 7) is 10.6. The number of benzene rings is 1. The van der Waals surface area contributed by atoms with Crippen LogP contribution in [0.25, 0.3) is 5.57 Å². The van der Waals surface area contributed by atoms with Crippen molar-refractivity contribution < 1.29 is 0 Å². The number of hydrogen-bond donors (Lipinski definition) is 0. The molecule has 0 aliphatic heterocycles. The lowest BCUT2D eigenvalue weighted by atomic mass is 9.81. The Hall–Kier alpha value is -1.60. The second-order valence-corrected chi connectivity index (χ2v) is 15.8. The standard InChI is InChI=1S/C28H36Si/c1-19-17-22-13-8-9-14-24(22)27(19)29(3,4)28-20(2)18-26-23(15-10-16-25(26)28)21-11-6-5-7-12-21/h5-16,19-20,22,24-28H,17-18H2,1-4H3. The van der Waals surface area contributed by atoms with Crippen molar-refractivity contribution in [2.45, 2.75) is 50.9 Å². The normalized spacial score (nSPS) is 40.6. The summed E-state index contributed by atoms with van der Waals surface area (Å²) in [6.07, 6.45) is 19.8. The van der Waals surface area contributed by atoms with Gasteiger partial charge in [0.15, 0.2) is 0 Å². The van der Waals surface area contributed by atoms with E-state index in [9.17, 15) is 0 Å². The predicted octanol–water partition coefficient (Wildman–Crippen LogP) is 7.76. The molecule has 8 atom stereocenters. The molecule has 2 fully saturated rings. The highest BCUT2D eigenvalue weighted by Crippen LogP contribution is 2.63. The first-order valence-corrected chi connectivity index (χ1v) is 14.9. The molecule has 1 aromatic carbocycles. The zero-order valence-corrected chi connectivity index (χ0v) is 19.5. The molecule has 4 aliphatic rings. The van der Waals surface area contributed by atoms with Gasteiger partial charge in [-0.15, -0.1) is 0 Å². The summed E-state index contributed by atoms with van der Waals surface area (Å²) in [5.41, 5.74) is 4.84. The molecule has 0 N–H and O–H groups in total. The van der Waals surface area contributed by atoms with Gasteiger partial charge in [-0.3, -0.25) is 0 Å². The Balaban J connectivity index is 1.47. The fourth-order valence-electron chi connectivity index (χ4n) is 8.20. The Kier molecular flexibility index (Phi) is 4.85. The molecule has 0 bridgehead atoms. The van der Waals surface area contributed by atoms with Crippen molar-refractivity contribution in [3.8, 4) is 0 Å². The molecule has 0 spiro atoms. The van der Waals surface area contributed by atoms with E-state index < -0.39 is 8.07 Å². The first-order chi connectivity index (χ1) is 14.0. The van der Waals surface area contributed by atoms with Gasteiger partial charge in [0.2, 0.25) is 0 Å². The lowest BCUT2D eigenvalue weighted by Crippen LogP contribution is -2.45. The van der Waals surface area contributed by atoms with Crippen molar-refractivity contribution in [1.29, 1.82) is 0 Å². The highest BCUT2D eigenvalue weighted by Gasteiger charge is 2.56. The Morgan fingerprint density at radius 2 is 1.41 bits per heavy atom. The van der Waals surface area contributed by atoms with Crippen molar-refractivity contribution in [2.75, 3.05) is 0 Å². The minimum Gasteiger partial charge on any atom is -0.0808 e. The van der Waals surface area contributed by atoms with Crippen LogP contribution in [0, 0.1) is 35.5 Å². The fourth-order valence-corrected chi connectivity index (χ4v) is 14.5. The maximum absolute atomic E-state index is 2.75. The van der Waals surface area contributed by atoms with Crippen LogP contribution < -0.4 is 0 Å². The molecule has 0 radical (unpaired) electrons. The van der Waals surface area contributed by atoms with E-state index in [0.29, 0.717) is 5.92 Å². The van der Waals surface area contributed by atoms with Crippen molar-refractivity contribution in [2.24, 2.45) is 35.5 Å². The lowest BCUT2D eigenvalue weighted by molar-refractivity contribution is 0.493. The van der Waals surface area contributed by atoms with E-state index in [1.165, 1.54) is 18.4 Å². The van der Waals surface area contributed by atoms with Crippen LogP contribution in [0.5, 0.6) is 0 Å². The molecule has 4 aliphatic carbocycles. The summed E-state index contributed by atoms with van der Waals surface area (Å²) in [7, 11) is -1.47. The number of rotatable bonds is 3. The van der Waals surface area contributed by atoms with Crippen molar-refractivity contribution in [3.63, 3.8) is 0 Å². The Labute approximate surface area is 178 Å². The Morgan fingerprint density at radius 1 is 0.759 bits per heavy atom. The van der Waals surface area contributed by atoms with Gasteiger partial charge in [-0.2, -0.15) is 0 Å². The van der Waals surface area contributed by atoms with Gasteiger partial charge in [-0.1, -0.05) is 99.8 Å². The Morgan fingerprint density at radius 3 is 2.21 bits per heavy atom. The van der Waals surface area contributed by atoms with Crippen molar-refractivity contribution >= 4 is 13.6 Å². The summed E-state index contributed by atoms with van der Waals surface area (Å²) in [5.74, 6) is 4.73. The summed E-state index contributed by atoms with van der Waals surface area (Å²) in [6, 6.07) is 11.2. The van der Waals surface area contributed by atoms with Gasteiger partial charge in [-0.25, -0.2) is 0 Å². The van der Waals surface area contributed by atoms with Crippen LogP contribution in [0.4, 0.5) is 0 Å². The molecule has 0 heterocycles. The van der Waals surface area contributed by atoms with Gasteiger partial charge in [-0.05, 0) is 70.6 Å². The molecule has 0 aromatic heterocycles. The van der Waals surface area contributed by atoms with E-state index in [-0.39, 0.29) is 0 Å². The predicted molar refractivity (Wildman–Crippen MR) is 128 cm³/mol. The van der Waals surface area contributed by atoms with Crippen molar-refractivity contribution in [1.82, 2.24) is 0 Å². The van der Waals surface area contributed by atoms with Gasteiger partial charge in [0.25, 0.3) is 0 Å². The van der Waals surface area contributed by atoms with E-state index in [0.717, 1.165) is 40.7 Å². The maximum Gasteiger partial charge on any atom is 0.0553 e. The van der Waals surface area contributed by atoms with Crippen LogP contribution in [0.1, 0.15) is 32.3 Å². The zero-order chi connectivity index (χ0) is 20.2. The topological polar surface area (TPSA) is 0 Å². The Bertz CT molecular complexity index is 871. The van der Waals surface area contributed by atoms with Crippen molar-refractivity contribution in [3.05, 3.63) is 78.4 Å². The summed E-state index contributed by atoms with van der Waals surface area (Å²) < 4.78 is 0. The molecule has 1 heteroatoms. The first kappa shape index (κ1) is 19.4. The third-order valence-electron chi connectivity index (χ3n) is 8.92. The summed E-state index contributed by atoms with van der Waals surface area (Å²) in [5, 5.41) is 0. The molecule has 1 aromatic rings. The summed E-state index contributed by atoms with van der Waals surface area (Å²) >= 11 is 0. The molecule has 0 amide bonds. The highest BCUT2D eigenvalue weighted by molar-refractivity contribution is 6.80. The van der Waals surface area contributed by atoms with E-state index in [1.54, 1.807) is 5.57 Å². The van der Waals surface area contributed by atoms with Crippen LogP contribution in [0.2, 0.25) is 24.2 Å². The zero-order valence-electron chi connectivity index (χ0n) is 18.5. The number of allylic oxidation sites excluding steroid dienone is 8. The van der Waals surface area contributed by atoms with E-state index in [4.69, 9.17) is 0 Å². The molecule has 5 rings (SSSR count). The minimum absolute atomic E-state index is 0.712. The largest absolute Gasteiger partial charge is 0.0808 e. The third-order valence-corrected chi connectivity index (χ3v) is 14.3. The second kappa shape index (κ2) is 7.27. The van der Waals surface area contributed by atoms with E-state index >= 15 is 0 Å². The third kappa shape index (κ3) is 3.08. The van der Waals surface area contributed by atoms with Gasteiger partial charge in [0.1, 0.15) is 0 Å². The van der Waals surface area contributed by atoms with Crippen LogP contribution in [0.15, 0.2) is 72.9 Å². The first-order valence-electron chi connectivity index (χ1n) is 11.8. The SMILES string of the molecule is CC1CC2C=CC=CC2C1[Si](C)(C)C1C(C)CC2C(c3ccccc3)=CC=CC21. The minimum atomic E-state index is -1.47. The van der Waals surface area contributed by atoms with Gasteiger partial charge < -0.3 is 0 Å². The maximum atomic E-state index is 2.75. The molecule has 2 saturated carbocycles. The lowest BCUT2D eigenvalue weighted by Gasteiger charge is -2.45. The molecular weight excluding hydrogens is 364 g/mol. The van der Waals surface area contributed by atoms with Crippen LogP contribution >= 0.6 is 0 Å². The van der Waals surface area contributed by atoms with E-state index in [2.05, 4.69) is 99.8 Å². The quantitative estimate of drug-likeness (QED) is 0.455. The monoisotopic (exact) mass is 400 g/mol. The van der Waals surface area contributed by atoms with Crippen LogP contribution in [0.3, 0.4) is 0 Å². The molecule has 0 nitrogen and oxygen atoms in total. The van der Waals surface area contributed by atoms with E-state index in [1.807, 2.05) is 0 Å². The second-order valence-electron chi connectivity index (χ2n) is 10.9. The van der Waals surface area contributed by atoms with Gasteiger partial charge in [0.05, 0.1) is 8.07 Å². The molecule has 0 saturated heterocycles. The average molecular weight is 401 g/mol. The molecule has 8 unspecified atom stereocenters. The summed E-state index contributed by atoms with van der Waals surface area (Å²) in [4.78, 5) is 0. The highest BCUT2D eigenvalue weighted by atomic mass is 28.3. The fraction of sp³-hybridized carbons (Fsp3) is 0.500. The van der Waals surface area contributed by atoms with Gasteiger partial charge in [0, 0.05) is 0 Å². The van der Waals surface area contributed by atoms with Gasteiger partial charge >= 0.3 is 0 Å². The molecular formula is C28H36Si. The number of fused-ring (bicyclic) bond motifs is 2. The smallest absolute Gasteiger partial charge is 0.0553 e. The number of hydrogen-bond acceptors (Lipinski definition) is 0. The van der Waals surface area contributed by atoms with Crippen LogP contribution in [-0.4, -0.2) is 8.07 Å².